The zero-order valence-electron chi connectivity index (χ0n) is 22.2. The van der Waals surface area contributed by atoms with Gasteiger partial charge in [0.15, 0.2) is 0 Å². The molecule has 200 valence electrons. The molecule has 2 aromatic carbocycles. The molecule has 7 nitrogen and oxygen atoms in total. The number of methoxy groups -OCH3 is 1. The zero-order chi connectivity index (χ0) is 26.9. The third kappa shape index (κ3) is 5.55. The Balaban J connectivity index is 1.47. The summed E-state index contributed by atoms with van der Waals surface area (Å²) in [5.41, 5.74) is 4.36. The minimum absolute atomic E-state index is 0.0353. The number of hydrogen-bond acceptors (Lipinski definition) is 8. The predicted octanol–water partition coefficient (Wildman–Crippen LogP) is 5.86. The van der Waals surface area contributed by atoms with Crippen molar-refractivity contribution in [1.29, 1.82) is 0 Å². The van der Waals surface area contributed by atoms with Crippen LogP contribution in [0.1, 0.15) is 53.6 Å². The first-order valence-corrected chi connectivity index (χ1v) is 15.6. The van der Waals surface area contributed by atoms with Gasteiger partial charge in [0, 0.05) is 27.8 Å². The highest BCUT2D eigenvalue weighted by atomic mass is 32.2. The number of anilines is 1. The Morgan fingerprint density at radius 1 is 1.11 bits per heavy atom. The monoisotopic (exact) mass is 550 g/mol. The molecule has 0 bridgehead atoms. The maximum atomic E-state index is 12.0. The molecule has 5 rings (SSSR count). The molecule has 1 atom stereocenters. The van der Waals surface area contributed by atoms with Crippen molar-refractivity contribution in [1.82, 2.24) is 15.3 Å². The van der Waals surface area contributed by atoms with Gasteiger partial charge in [0.1, 0.15) is 27.2 Å². The minimum atomic E-state index is -2.95. The van der Waals surface area contributed by atoms with Crippen LogP contribution in [0.2, 0.25) is 0 Å². The summed E-state index contributed by atoms with van der Waals surface area (Å²) in [5, 5.41) is 7.82. The Morgan fingerprint density at radius 2 is 1.87 bits per heavy atom. The molecular weight excluding hydrogens is 516 g/mol. The Kier molecular flexibility index (Phi) is 7.70. The van der Waals surface area contributed by atoms with Gasteiger partial charge in [-0.25, -0.2) is 18.4 Å². The zero-order valence-corrected chi connectivity index (χ0v) is 23.9. The van der Waals surface area contributed by atoms with Crippen LogP contribution in [-0.2, 0) is 16.4 Å². The number of nitrogens with one attached hydrogen (secondary N) is 2. The number of benzene rings is 2. The molecule has 9 heteroatoms. The fraction of sp³-hybridized carbons (Fsp3) is 0.379. The van der Waals surface area contributed by atoms with Crippen LogP contribution in [0.25, 0.3) is 21.3 Å². The van der Waals surface area contributed by atoms with E-state index in [2.05, 4.69) is 65.0 Å². The minimum Gasteiger partial charge on any atom is -0.496 e. The standard InChI is InChI=1S/C29H34N4O3S2/c1-18(27-9-10-28(37-27)22-8-6-5-7-21(22)17-30-3)31-29-24-15-23(20-11-13-38(34,35)14-12-20)26(36-4)16-25(24)32-19(2)33-29/h5-10,15-16,18,20,30H,11-14,17H2,1-4H3,(H,31,32,33)/t18-/m1/s1. The van der Waals surface area contributed by atoms with Gasteiger partial charge < -0.3 is 15.4 Å². The van der Waals surface area contributed by atoms with Crippen LogP contribution in [0.5, 0.6) is 5.75 Å². The van der Waals surface area contributed by atoms with E-state index >= 15 is 0 Å². The SMILES string of the molecule is CNCc1ccccc1-c1ccc([C@@H](C)Nc2nc(C)nc3cc(OC)c(C4CCS(=O)(=O)CC4)cc23)s1. The number of nitrogens with zero attached hydrogens (tertiary/aromatic N) is 2. The van der Waals surface area contributed by atoms with Crippen molar-refractivity contribution >= 4 is 37.9 Å². The summed E-state index contributed by atoms with van der Waals surface area (Å²) in [5.74, 6) is 2.76. The molecule has 0 spiro atoms. The van der Waals surface area contributed by atoms with Gasteiger partial charge in [0.05, 0.1) is 30.2 Å². The molecule has 1 aliphatic heterocycles. The van der Waals surface area contributed by atoms with Crippen LogP contribution in [0.15, 0.2) is 48.5 Å². The Labute approximate surface area is 228 Å². The van der Waals surface area contributed by atoms with E-state index in [1.165, 1.54) is 20.9 Å². The number of ether oxygens (including phenoxy) is 1. The molecule has 1 saturated heterocycles. The second-order valence-electron chi connectivity index (χ2n) is 9.91. The fourth-order valence-corrected chi connectivity index (χ4v) is 7.77. The molecule has 38 heavy (non-hydrogen) atoms. The molecule has 0 aliphatic carbocycles. The van der Waals surface area contributed by atoms with Crippen molar-refractivity contribution < 1.29 is 13.2 Å². The number of thiophene rings is 1. The van der Waals surface area contributed by atoms with Crippen LogP contribution >= 0.6 is 11.3 Å². The number of sulfone groups is 1. The van der Waals surface area contributed by atoms with E-state index in [0.29, 0.717) is 18.7 Å². The molecule has 1 fully saturated rings. The Bertz CT molecular complexity index is 1550. The normalized spacial score (nSPS) is 16.4. The van der Waals surface area contributed by atoms with Crippen LogP contribution in [0, 0.1) is 6.92 Å². The second kappa shape index (κ2) is 11.0. The van der Waals surface area contributed by atoms with Gasteiger partial charge in [-0.15, -0.1) is 11.3 Å². The van der Waals surface area contributed by atoms with E-state index in [1.54, 1.807) is 18.4 Å². The number of fused-ring (bicyclic) bond motifs is 1. The first-order valence-electron chi connectivity index (χ1n) is 12.9. The lowest BCUT2D eigenvalue weighted by Crippen LogP contribution is -2.22. The molecule has 3 heterocycles. The number of aryl methyl sites for hydroxylation is 1. The van der Waals surface area contributed by atoms with Crippen LogP contribution in [0.4, 0.5) is 5.82 Å². The van der Waals surface area contributed by atoms with E-state index < -0.39 is 9.84 Å². The van der Waals surface area contributed by atoms with E-state index in [0.717, 1.165) is 34.6 Å². The van der Waals surface area contributed by atoms with Crippen molar-refractivity contribution in [2.24, 2.45) is 0 Å². The Hall–Kier alpha value is -3.01. The van der Waals surface area contributed by atoms with E-state index in [-0.39, 0.29) is 23.5 Å². The van der Waals surface area contributed by atoms with Gasteiger partial charge >= 0.3 is 0 Å². The van der Waals surface area contributed by atoms with Gasteiger partial charge in [-0.05, 0) is 74.5 Å². The first kappa shape index (κ1) is 26.6. The average Bonchev–Trinajstić information content (AvgIpc) is 3.39. The highest BCUT2D eigenvalue weighted by Crippen LogP contribution is 2.40. The third-order valence-corrected chi connectivity index (χ3v) is 10.2. The van der Waals surface area contributed by atoms with E-state index in [1.807, 2.05) is 20.0 Å². The van der Waals surface area contributed by atoms with Crippen molar-refractivity contribution in [3.63, 3.8) is 0 Å². The van der Waals surface area contributed by atoms with Gasteiger partial charge in [-0.1, -0.05) is 24.3 Å². The lowest BCUT2D eigenvalue weighted by atomic mass is 9.91. The topological polar surface area (TPSA) is 93.2 Å². The van der Waals surface area contributed by atoms with E-state index in [4.69, 9.17) is 9.72 Å². The molecule has 0 saturated carbocycles. The summed E-state index contributed by atoms with van der Waals surface area (Å²) >= 11 is 1.78. The summed E-state index contributed by atoms with van der Waals surface area (Å²) < 4.78 is 29.8. The maximum Gasteiger partial charge on any atom is 0.150 e. The van der Waals surface area contributed by atoms with Crippen molar-refractivity contribution in [2.45, 2.75) is 45.2 Å². The molecule has 2 aromatic heterocycles. The first-order chi connectivity index (χ1) is 18.3. The molecule has 0 unspecified atom stereocenters. The van der Waals surface area contributed by atoms with Gasteiger partial charge in [-0.3, -0.25) is 0 Å². The average molecular weight is 551 g/mol. The summed E-state index contributed by atoms with van der Waals surface area (Å²) in [4.78, 5) is 11.9. The van der Waals surface area contributed by atoms with Crippen LogP contribution in [-0.4, -0.2) is 44.0 Å². The highest BCUT2D eigenvalue weighted by Gasteiger charge is 2.27. The lowest BCUT2D eigenvalue weighted by molar-refractivity contribution is 0.403. The predicted molar refractivity (Wildman–Crippen MR) is 156 cm³/mol. The largest absolute Gasteiger partial charge is 0.496 e. The fourth-order valence-electron chi connectivity index (χ4n) is 5.21. The summed E-state index contributed by atoms with van der Waals surface area (Å²) in [6.07, 6.45) is 1.20. The van der Waals surface area contributed by atoms with Crippen molar-refractivity contribution in [3.8, 4) is 16.2 Å². The molecule has 4 aromatic rings. The number of hydrogen-bond donors (Lipinski definition) is 2. The highest BCUT2D eigenvalue weighted by molar-refractivity contribution is 7.91. The summed E-state index contributed by atoms with van der Waals surface area (Å²) in [6, 6.07) is 17.0. The number of rotatable bonds is 8. The van der Waals surface area contributed by atoms with E-state index in [9.17, 15) is 8.42 Å². The van der Waals surface area contributed by atoms with Crippen molar-refractivity contribution in [2.75, 3.05) is 31.0 Å². The molecule has 1 aliphatic rings. The third-order valence-electron chi connectivity index (χ3n) is 7.21. The second-order valence-corrected chi connectivity index (χ2v) is 13.3. The molecular formula is C29H34N4O3S2. The Morgan fingerprint density at radius 3 is 2.61 bits per heavy atom. The summed E-state index contributed by atoms with van der Waals surface area (Å²) in [7, 11) is 0.671. The smallest absolute Gasteiger partial charge is 0.150 e. The maximum absolute atomic E-state index is 12.0. The van der Waals surface area contributed by atoms with Gasteiger partial charge in [0.2, 0.25) is 0 Å². The lowest BCUT2D eigenvalue weighted by Gasteiger charge is -2.25. The summed E-state index contributed by atoms with van der Waals surface area (Å²) in [6.45, 7) is 4.86. The van der Waals surface area contributed by atoms with Crippen molar-refractivity contribution in [3.05, 3.63) is 70.4 Å². The molecule has 0 amide bonds. The van der Waals surface area contributed by atoms with Gasteiger partial charge in [0.25, 0.3) is 0 Å². The quantitative estimate of drug-likeness (QED) is 0.284. The number of aromatic nitrogens is 2. The van der Waals surface area contributed by atoms with Crippen LogP contribution < -0.4 is 15.4 Å². The van der Waals surface area contributed by atoms with Gasteiger partial charge in [-0.2, -0.15) is 0 Å². The molecule has 2 N–H and O–H groups in total. The van der Waals surface area contributed by atoms with Crippen LogP contribution in [0.3, 0.4) is 0 Å². The molecule has 0 radical (unpaired) electrons.